The summed E-state index contributed by atoms with van der Waals surface area (Å²) < 4.78 is 13.3. The van der Waals surface area contributed by atoms with Crippen LogP contribution in [0.25, 0.3) is 22.2 Å². The SMILES string of the molecule is O=C(CCc1c(-c2ccc(F)cc2)[nH]c2ccccc12)N[C@@H]1C(=O)NCC1O. The van der Waals surface area contributed by atoms with Gasteiger partial charge in [-0.3, -0.25) is 9.59 Å². The lowest BCUT2D eigenvalue weighted by molar-refractivity contribution is -0.128. The molecule has 2 atom stereocenters. The third kappa shape index (κ3) is 3.48. The van der Waals surface area contributed by atoms with E-state index in [9.17, 15) is 19.1 Å². The molecule has 0 radical (unpaired) electrons. The van der Waals surface area contributed by atoms with Crippen molar-refractivity contribution in [1.82, 2.24) is 15.6 Å². The molecule has 7 heteroatoms. The number of carbonyl (C=O) groups is 2. The average Bonchev–Trinajstić information content (AvgIpc) is 3.22. The van der Waals surface area contributed by atoms with Gasteiger partial charge in [0.1, 0.15) is 18.0 Å². The predicted molar refractivity (Wildman–Crippen MR) is 103 cm³/mol. The third-order valence-electron chi connectivity index (χ3n) is 5.02. The smallest absolute Gasteiger partial charge is 0.245 e. The van der Waals surface area contributed by atoms with Crippen molar-refractivity contribution in [3.63, 3.8) is 0 Å². The van der Waals surface area contributed by atoms with Gasteiger partial charge in [-0.1, -0.05) is 18.2 Å². The van der Waals surface area contributed by atoms with Crippen LogP contribution in [0.5, 0.6) is 0 Å². The molecule has 1 aromatic heterocycles. The van der Waals surface area contributed by atoms with Crippen LogP contribution in [-0.2, 0) is 16.0 Å². The molecule has 1 fully saturated rings. The number of aliphatic hydroxyl groups is 1. The maximum atomic E-state index is 13.3. The first-order chi connectivity index (χ1) is 13.5. The molecule has 1 aliphatic rings. The van der Waals surface area contributed by atoms with Crippen LogP contribution >= 0.6 is 0 Å². The van der Waals surface area contributed by atoms with E-state index in [4.69, 9.17) is 0 Å². The Hall–Kier alpha value is -3.19. The fourth-order valence-corrected chi connectivity index (χ4v) is 3.58. The van der Waals surface area contributed by atoms with Crippen LogP contribution in [0.2, 0.25) is 0 Å². The van der Waals surface area contributed by atoms with E-state index in [2.05, 4.69) is 15.6 Å². The summed E-state index contributed by atoms with van der Waals surface area (Å²) in [6.45, 7) is 0.140. The largest absolute Gasteiger partial charge is 0.389 e. The van der Waals surface area contributed by atoms with Crippen LogP contribution in [0.4, 0.5) is 4.39 Å². The molecule has 3 aromatic rings. The second kappa shape index (κ2) is 7.44. The van der Waals surface area contributed by atoms with Crippen LogP contribution in [0, 0.1) is 5.82 Å². The molecule has 2 heterocycles. The lowest BCUT2D eigenvalue weighted by Crippen LogP contribution is -2.45. The zero-order chi connectivity index (χ0) is 19.7. The quantitative estimate of drug-likeness (QED) is 0.544. The molecule has 1 saturated heterocycles. The molecular formula is C21H20FN3O3. The fraction of sp³-hybridized carbons (Fsp3) is 0.238. The Morgan fingerprint density at radius 1 is 1.18 bits per heavy atom. The highest BCUT2D eigenvalue weighted by atomic mass is 19.1. The van der Waals surface area contributed by atoms with Gasteiger partial charge in [-0.05, 0) is 47.9 Å². The maximum Gasteiger partial charge on any atom is 0.245 e. The number of para-hydroxylation sites is 1. The van der Waals surface area contributed by atoms with Gasteiger partial charge >= 0.3 is 0 Å². The van der Waals surface area contributed by atoms with Crippen molar-refractivity contribution < 1.29 is 19.1 Å². The second-order valence-corrected chi connectivity index (χ2v) is 6.89. The number of rotatable bonds is 5. The van der Waals surface area contributed by atoms with E-state index < -0.39 is 12.1 Å². The van der Waals surface area contributed by atoms with Crippen molar-refractivity contribution in [3.05, 3.63) is 59.9 Å². The summed E-state index contributed by atoms with van der Waals surface area (Å²) in [7, 11) is 0. The van der Waals surface area contributed by atoms with Gasteiger partial charge < -0.3 is 20.7 Å². The van der Waals surface area contributed by atoms with Gasteiger partial charge in [0.2, 0.25) is 11.8 Å². The van der Waals surface area contributed by atoms with E-state index in [1.54, 1.807) is 12.1 Å². The van der Waals surface area contributed by atoms with E-state index in [1.807, 2.05) is 24.3 Å². The van der Waals surface area contributed by atoms with Crippen LogP contribution in [0.1, 0.15) is 12.0 Å². The number of amides is 2. The van der Waals surface area contributed by atoms with E-state index in [1.165, 1.54) is 12.1 Å². The molecule has 0 bridgehead atoms. The van der Waals surface area contributed by atoms with E-state index >= 15 is 0 Å². The van der Waals surface area contributed by atoms with Crippen LogP contribution in [-0.4, -0.2) is 40.6 Å². The second-order valence-electron chi connectivity index (χ2n) is 6.89. The highest BCUT2D eigenvalue weighted by molar-refractivity contribution is 5.92. The minimum Gasteiger partial charge on any atom is -0.389 e. The Morgan fingerprint density at radius 2 is 1.93 bits per heavy atom. The van der Waals surface area contributed by atoms with Gasteiger partial charge in [-0.25, -0.2) is 4.39 Å². The molecule has 4 rings (SSSR count). The van der Waals surface area contributed by atoms with Crippen molar-refractivity contribution in [1.29, 1.82) is 0 Å². The summed E-state index contributed by atoms with van der Waals surface area (Å²) in [5.41, 5.74) is 3.56. The van der Waals surface area contributed by atoms with Crippen LogP contribution in [0.3, 0.4) is 0 Å². The van der Waals surface area contributed by atoms with Gasteiger partial charge in [-0.2, -0.15) is 0 Å². The minimum atomic E-state index is -0.917. The number of nitrogens with one attached hydrogen (secondary N) is 3. The number of β-amino-alcohol motifs (C(OH)–C–C–N with tert-alkyl or cyclic N) is 1. The normalized spacial score (nSPS) is 19.0. The van der Waals surface area contributed by atoms with Gasteiger partial charge in [0.05, 0.1) is 0 Å². The number of carbonyl (C=O) groups excluding carboxylic acids is 2. The number of benzene rings is 2. The highest BCUT2D eigenvalue weighted by Crippen LogP contribution is 2.31. The minimum absolute atomic E-state index is 0.140. The number of aliphatic hydroxyl groups excluding tert-OH is 1. The summed E-state index contributed by atoms with van der Waals surface area (Å²) in [4.78, 5) is 27.4. The zero-order valence-corrected chi connectivity index (χ0v) is 15.0. The van der Waals surface area contributed by atoms with Gasteiger partial charge in [0.25, 0.3) is 0 Å². The van der Waals surface area contributed by atoms with Gasteiger partial charge in [0, 0.05) is 29.6 Å². The monoisotopic (exact) mass is 381 g/mol. The molecule has 2 aromatic carbocycles. The number of aromatic nitrogens is 1. The lowest BCUT2D eigenvalue weighted by atomic mass is 10.0. The summed E-state index contributed by atoms with van der Waals surface area (Å²) >= 11 is 0. The number of aromatic amines is 1. The Labute approximate surface area is 160 Å². The number of halogens is 1. The Kier molecular flexibility index (Phi) is 4.83. The van der Waals surface area contributed by atoms with E-state index in [0.29, 0.717) is 6.42 Å². The molecule has 1 unspecified atom stereocenters. The zero-order valence-electron chi connectivity index (χ0n) is 15.0. The summed E-state index contributed by atoms with van der Waals surface area (Å²) in [5.74, 6) is -0.995. The number of hydrogen-bond donors (Lipinski definition) is 4. The van der Waals surface area contributed by atoms with Crippen LogP contribution in [0.15, 0.2) is 48.5 Å². The molecule has 28 heavy (non-hydrogen) atoms. The summed E-state index contributed by atoms with van der Waals surface area (Å²) in [6.07, 6.45) is -0.321. The van der Waals surface area contributed by atoms with Crippen molar-refractivity contribution >= 4 is 22.7 Å². The molecule has 2 amide bonds. The first-order valence-corrected chi connectivity index (χ1v) is 9.13. The molecular weight excluding hydrogens is 361 g/mol. The van der Waals surface area contributed by atoms with E-state index in [0.717, 1.165) is 27.7 Å². The molecule has 4 N–H and O–H groups in total. The molecule has 1 aliphatic heterocycles. The first-order valence-electron chi connectivity index (χ1n) is 9.13. The molecule has 144 valence electrons. The Bertz CT molecular complexity index is 1030. The van der Waals surface area contributed by atoms with Crippen LogP contribution < -0.4 is 10.6 Å². The van der Waals surface area contributed by atoms with Crippen molar-refractivity contribution in [2.24, 2.45) is 0 Å². The Morgan fingerprint density at radius 3 is 2.64 bits per heavy atom. The topological polar surface area (TPSA) is 94.2 Å². The molecule has 0 aliphatic carbocycles. The standard InChI is InChI=1S/C21H20FN3O3/c22-13-7-5-12(6-8-13)19-15(14-3-1-2-4-16(14)24-19)9-10-18(27)25-20-17(26)11-23-21(20)28/h1-8,17,20,24,26H,9-11H2,(H,23,28)(H,25,27)/t17?,20-/m0/s1. The highest BCUT2D eigenvalue weighted by Gasteiger charge is 2.34. The van der Waals surface area contributed by atoms with Crippen molar-refractivity contribution in [3.8, 4) is 11.3 Å². The van der Waals surface area contributed by atoms with Gasteiger partial charge in [0.15, 0.2) is 0 Å². The third-order valence-corrected chi connectivity index (χ3v) is 5.02. The molecule has 0 spiro atoms. The van der Waals surface area contributed by atoms with E-state index in [-0.39, 0.29) is 30.6 Å². The number of H-pyrrole nitrogens is 1. The first kappa shape index (κ1) is 18.2. The van der Waals surface area contributed by atoms with Crippen molar-refractivity contribution in [2.75, 3.05) is 6.54 Å². The molecule has 0 saturated carbocycles. The molecule has 6 nitrogen and oxygen atoms in total. The summed E-state index contributed by atoms with van der Waals surface area (Å²) in [6, 6.07) is 13.1. The summed E-state index contributed by atoms with van der Waals surface area (Å²) in [5, 5.41) is 15.9. The number of aryl methyl sites for hydroxylation is 1. The average molecular weight is 381 g/mol. The number of hydrogen-bond acceptors (Lipinski definition) is 3. The van der Waals surface area contributed by atoms with Crippen molar-refractivity contribution in [2.45, 2.75) is 25.0 Å². The Balaban J connectivity index is 1.57. The van der Waals surface area contributed by atoms with Gasteiger partial charge in [-0.15, -0.1) is 0 Å². The number of fused-ring (bicyclic) bond motifs is 1. The lowest BCUT2D eigenvalue weighted by Gasteiger charge is -2.13. The fourth-order valence-electron chi connectivity index (χ4n) is 3.58. The maximum absolute atomic E-state index is 13.3. The predicted octanol–water partition coefficient (Wildman–Crippen LogP) is 1.88.